The molecule has 1 atom stereocenters. The van der Waals surface area contributed by atoms with Crippen molar-refractivity contribution in [2.75, 3.05) is 0 Å². The molecule has 1 fully saturated rings. The first-order valence-electron chi connectivity index (χ1n) is 7.05. The molecular formula is C14H21N3S. The zero-order valence-corrected chi connectivity index (χ0v) is 11.6. The molecule has 1 aromatic heterocycles. The van der Waals surface area contributed by atoms with Crippen molar-refractivity contribution in [2.45, 2.75) is 62.0 Å². The SMILES string of the molecule is NC1CCCc2nc(CSC3CCCC3)ncc21. The molecule has 2 aliphatic rings. The second-order valence-electron chi connectivity index (χ2n) is 5.40. The smallest absolute Gasteiger partial charge is 0.138 e. The van der Waals surface area contributed by atoms with Gasteiger partial charge in [-0.15, -0.1) is 0 Å². The highest BCUT2D eigenvalue weighted by Gasteiger charge is 2.20. The average Bonchev–Trinajstić information content (AvgIpc) is 2.90. The Morgan fingerprint density at radius 3 is 2.89 bits per heavy atom. The van der Waals surface area contributed by atoms with Gasteiger partial charge in [-0.1, -0.05) is 12.8 Å². The van der Waals surface area contributed by atoms with Gasteiger partial charge in [0.15, 0.2) is 0 Å². The van der Waals surface area contributed by atoms with Crippen molar-refractivity contribution in [1.29, 1.82) is 0 Å². The maximum atomic E-state index is 6.08. The van der Waals surface area contributed by atoms with Gasteiger partial charge in [-0.25, -0.2) is 9.97 Å². The average molecular weight is 263 g/mol. The van der Waals surface area contributed by atoms with Gasteiger partial charge in [0.2, 0.25) is 0 Å². The van der Waals surface area contributed by atoms with Crippen molar-refractivity contribution in [3.8, 4) is 0 Å². The lowest BCUT2D eigenvalue weighted by molar-refractivity contribution is 0.554. The van der Waals surface area contributed by atoms with E-state index in [-0.39, 0.29) is 6.04 Å². The van der Waals surface area contributed by atoms with E-state index in [0.29, 0.717) is 0 Å². The van der Waals surface area contributed by atoms with E-state index in [0.717, 1.165) is 29.7 Å². The van der Waals surface area contributed by atoms with Crippen LogP contribution in [0.4, 0.5) is 0 Å². The molecular weight excluding hydrogens is 242 g/mol. The number of hydrogen-bond acceptors (Lipinski definition) is 4. The van der Waals surface area contributed by atoms with Crippen LogP contribution in [0.25, 0.3) is 0 Å². The number of thioether (sulfide) groups is 1. The third-order valence-corrected chi connectivity index (χ3v) is 5.40. The summed E-state index contributed by atoms with van der Waals surface area (Å²) in [7, 11) is 0. The molecule has 1 saturated carbocycles. The van der Waals surface area contributed by atoms with Gasteiger partial charge in [-0.05, 0) is 32.1 Å². The Hall–Kier alpha value is -0.610. The first-order valence-corrected chi connectivity index (χ1v) is 8.09. The predicted octanol–water partition coefficient (Wildman–Crippen LogP) is 2.99. The molecule has 0 spiro atoms. The quantitative estimate of drug-likeness (QED) is 0.911. The molecule has 0 radical (unpaired) electrons. The summed E-state index contributed by atoms with van der Waals surface area (Å²) < 4.78 is 0. The summed E-state index contributed by atoms with van der Waals surface area (Å²) in [4.78, 5) is 9.20. The number of nitrogens with zero attached hydrogens (tertiary/aromatic N) is 2. The lowest BCUT2D eigenvalue weighted by atomic mass is 9.93. The zero-order chi connectivity index (χ0) is 12.4. The molecule has 0 saturated heterocycles. The fourth-order valence-corrected chi connectivity index (χ4v) is 4.13. The molecule has 0 aromatic carbocycles. The third-order valence-electron chi connectivity index (χ3n) is 4.03. The number of fused-ring (bicyclic) bond motifs is 1. The molecule has 3 rings (SSSR count). The van der Waals surface area contributed by atoms with Crippen LogP contribution < -0.4 is 5.73 Å². The minimum absolute atomic E-state index is 0.158. The highest BCUT2D eigenvalue weighted by Crippen LogP contribution is 2.31. The van der Waals surface area contributed by atoms with E-state index in [4.69, 9.17) is 10.7 Å². The summed E-state index contributed by atoms with van der Waals surface area (Å²) in [6, 6.07) is 0.158. The number of rotatable bonds is 3. The predicted molar refractivity (Wildman–Crippen MR) is 75.4 cm³/mol. The highest BCUT2D eigenvalue weighted by molar-refractivity contribution is 7.99. The first kappa shape index (κ1) is 12.4. The number of aryl methyl sites for hydroxylation is 1. The summed E-state index contributed by atoms with van der Waals surface area (Å²) >= 11 is 2.03. The van der Waals surface area contributed by atoms with Crippen LogP contribution >= 0.6 is 11.8 Å². The Morgan fingerprint density at radius 2 is 2.06 bits per heavy atom. The monoisotopic (exact) mass is 263 g/mol. The Balaban J connectivity index is 1.66. The fourth-order valence-electron chi connectivity index (χ4n) is 2.94. The van der Waals surface area contributed by atoms with Crippen LogP contribution in [-0.4, -0.2) is 15.2 Å². The van der Waals surface area contributed by atoms with Crippen molar-refractivity contribution >= 4 is 11.8 Å². The third kappa shape index (κ3) is 2.69. The van der Waals surface area contributed by atoms with Crippen molar-refractivity contribution < 1.29 is 0 Å². The lowest BCUT2D eigenvalue weighted by Gasteiger charge is -2.21. The largest absolute Gasteiger partial charge is 0.324 e. The Labute approximate surface area is 113 Å². The van der Waals surface area contributed by atoms with Crippen LogP contribution in [0.15, 0.2) is 6.20 Å². The first-order chi connectivity index (χ1) is 8.83. The fraction of sp³-hybridized carbons (Fsp3) is 0.714. The molecule has 18 heavy (non-hydrogen) atoms. The zero-order valence-electron chi connectivity index (χ0n) is 10.8. The molecule has 98 valence electrons. The molecule has 0 bridgehead atoms. The van der Waals surface area contributed by atoms with Crippen LogP contribution in [0.2, 0.25) is 0 Å². The Kier molecular flexibility index (Phi) is 3.85. The second kappa shape index (κ2) is 5.57. The van der Waals surface area contributed by atoms with Crippen molar-refractivity contribution in [3.63, 3.8) is 0 Å². The van der Waals surface area contributed by atoms with Gasteiger partial charge < -0.3 is 5.73 Å². The van der Waals surface area contributed by atoms with Crippen LogP contribution in [-0.2, 0) is 12.2 Å². The molecule has 0 amide bonds. The minimum Gasteiger partial charge on any atom is -0.324 e. The Morgan fingerprint density at radius 1 is 1.22 bits per heavy atom. The normalized spacial score (nSPS) is 24.2. The van der Waals surface area contributed by atoms with E-state index < -0.39 is 0 Å². The van der Waals surface area contributed by atoms with E-state index in [2.05, 4.69) is 4.98 Å². The summed E-state index contributed by atoms with van der Waals surface area (Å²) in [6.45, 7) is 0. The molecule has 2 aliphatic carbocycles. The van der Waals surface area contributed by atoms with Crippen LogP contribution in [0, 0.1) is 0 Å². The standard InChI is InChI=1S/C14H21N3S/c15-12-6-3-7-13-11(12)8-16-14(17-13)9-18-10-4-1-2-5-10/h8,10,12H,1-7,9,15H2. The van der Waals surface area contributed by atoms with Crippen molar-refractivity contribution in [1.82, 2.24) is 9.97 Å². The van der Waals surface area contributed by atoms with E-state index in [1.165, 1.54) is 43.4 Å². The molecule has 1 unspecified atom stereocenters. The molecule has 2 N–H and O–H groups in total. The van der Waals surface area contributed by atoms with Crippen LogP contribution in [0.1, 0.15) is 61.6 Å². The van der Waals surface area contributed by atoms with Gasteiger partial charge in [-0.2, -0.15) is 11.8 Å². The van der Waals surface area contributed by atoms with Crippen molar-refractivity contribution in [3.05, 3.63) is 23.3 Å². The van der Waals surface area contributed by atoms with Gasteiger partial charge in [-0.3, -0.25) is 0 Å². The summed E-state index contributed by atoms with van der Waals surface area (Å²) in [5.74, 6) is 1.97. The summed E-state index contributed by atoms with van der Waals surface area (Å²) in [5.41, 5.74) is 8.46. The van der Waals surface area contributed by atoms with E-state index in [1.807, 2.05) is 18.0 Å². The summed E-state index contributed by atoms with van der Waals surface area (Å²) in [5, 5.41) is 0.840. The van der Waals surface area contributed by atoms with Crippen LogP contribution in [0.3, 0.4) is 0 Å². The van der Waals surface area contributed by atoms with E-state index in [1.54, 1.807) is 0 Å². The van der Waals surface area contributed by atoms with E-state index >= 15 is 0 Å². The lowest BCUT2D eigenvalue weighted by Crippen LogP contribution is -2.19. The van der Waals surface area contributed by atoms with Crippen molar-refractivity contribution in [2.24, 2.45) is 5.73 Å². The van der Waals surface area contributed by atoms with E-state index in [9.17, 15) is 0 Å². The number of aromatic nitrogens is 2. The van der Waals surface area contributed by atoms with Crippen LogP contribution in [0.5, 0.6) is 0 Å². The summed E-state index contributed by atoms with van der Waals surface area (Å²) in [6.07, 6.45) is 10.8. The number of hydrogen-bond donors (Lipinski definition) is 1. The second-order valence-corrected chi connectivity index (χ2v) is 6.69. The minimum atomic E-state index is 0.158. The highest BCUT2D eigenvalue weighted by atomic mass is 32.2. The maximum Gasteiger partial charge on any atom is 0.138 e. The van der Waals surface area contributed by atoms with Gasteiger partial charge in [0.05, 0.1) is 5.75 Å². The van der Waals surface area contributed by atoms with Gasteiger partial charge >= 0.3 is 0 Å². The molecule has 3 nitrogen and oxygen atoms in total. The molecule has 4 heteroatoms. The molecule has 1 heterocycles. The topological polar surface area (TPSA) is 51.8 Å². The molecule has 0 aliphatic heterocycles. The number of nitrogens with two attached hydrogens (primary N) is 1. The Bertz CT molecular complexity index is 416. The van der Waals surface area contributed by atoms with Gasteiger partial charge in [0, 0.05) is 28.7 Å². The van der Waals surface area contributed by atoms with Gasteiger partial charge in [0.25, 0.3) is 0 Å². The molecule has 1 aromatic rings. The van der Waals surface area contributed by atoms with Gasteiger partial charge in [0.1, 0.15) is 5.82 Å². The maximum absolute atomic E-state index is 6.08.